The summed E-state index contributed by atoms with van der Waals surface area (Å²) in [6.45, 7) is 11.5. The fourth-order valence-corrected chi connectivity index (χ4v) is 12.0. The maximum Gasteiger partial charge on any atom is 0.316 e. The highest BCUT2D eigenvalue weighted by molar-refractivity contribution is 5.96. The van der Waals surface area contributed by atoms with E-state index >= 15 is 0 Å². The normalized spacial score (nSPS) is 12.0. The maximum atomic E-state index is 14.1. The molecule has 0 saturated heterocycles. The first-order valence-corrected chi connectivity index (χ1v) is 32.9. The van der Waals surface area contributed by atoms with Crippen LogP contribution in [0.3, 0.4) is 0 Å². The van der Waals surface area contributed by atoms with Gasteiger partial charge in [0, 0.05) is 77.6 Å². The zero-order valence-corrected chi connectivity index (χ0v) is 57.8. The van der Waals surface area contributed by atoms with Gasteiger partial charge in [0.2, 0.25) is 17.8 Å². The number of ether oxygens (including phenoxy) is 1. The Kier molecular flexibility index (Phi) is 19.6. The number of nitrogens with zero attached hydrogens (tertiary/aromatic N) is 18. The zero-order chi connectivity index (χ0) is 72.7. The van der Waals surface area contributed by atoms with Crippen molar-refractivity contribution in [2.24, 2.45) is 7.05 Å². The second-order valence-electron chi connectivity index (χ2n) is 24.3. The fourth-order valence-electron chi connectivity index (χ4n) is 12.0. The Morgan fingerprint density at radius 2 is 0.760 bits per heavy atom. The van der Waals surface area contributed by atoms with Crippen molar-refractivity contribution < 1.29 is 4.74 Å². The number of fused-ring (bicyclic) bond motifs is 3. The van der Waals surface area contributed by atoms with Crippen LogP contribution in [0.25, 0.3) is 83.2 Å². The highest BCUT2D eigenvalue weighted by Gasteiger charge is 2.26. The Hall–Kier alpha value is -14.1. The monoisotopic (exact) mass is 1380 g/mol. The molecule has 28 nitrogen and oxygen atoms in total. The maximum absolute atomic E-state index is 14.1. The van der Waals surface area contributed by atoms with Gasteiger partial charge in [-0.2, -0.15) is 30.2 Å². The third kappa shape index (κ3) is 14.3. The molecule has 9 heterocycles. The van der Waals surface area contributed by atoms with Crippen molar-refractivity contribution in [1.29, 1.82) is 0 Å². The number of nitrogens with one attached hydrogen (secondary N) is 3. The van der Waals surface area contributed by atoms with Gasteiger partial charge in [0.1, 0.15) is 34.9 Å². The van der Waals surface area contributed by atoms with Crippen molar-refractivity contribution >= 4 is 68.0 Å². The molecule has 104 heavy (non-hydrogen) atoms. The molecule has 3 atom stereocenters. The number of benzene rings is 6. The van der Waals surface area contributed by atoms with Gasteiger partial charge >= 0.3 is 6.01 Å². The molecule has 0 radical (unpaired) electrons. The van der Waals surface area contributed by atoms with Crippen molar-refractivity contribution in [1.82, 2.24) is 88.5 Å². The number of para-hydroxylation sites is 3. The summed E-state index contributed by atoms with van der Waals surface area (Å²) in [5.74, 6) is 3.90. The van der Waals surface area contributed by atoms with E-state index in [1.165, 1.54) is 7.11 Å². The van der Waals surface area contributed by atoms with E-state index in [0.717, 1.165) is 44.6 Å². The minimum atomic E-state index is -0.386. The molecule has 9 aromatic heterocycles. The van der Waals surface area contributed by atoms with E-state index in [4.69, 9.17) is 36.9 Å². The number of anilines is 6. The van der Waals surface area contributed by atoms with E-state index in [2.05, 4.69) is 71.1 Å². The molecule has 0 aliphatic rings. The third-order valence-electron chi connectivity index (χ3n) is 17.0. The fraction of sp³-hybridized carbons (Fsp3) is 0.145. The molecule has 15 rings (SSSR count). The van der Waals surface area contributed by atoms with Crippen LogP contribution in [0.2, 0.25) is 0 Å². The van der Waals surface area contributed by atoms with Crippen molar-refractivity contribution in [2.75, 3.05) is 40.3 Å². The topological polar surface area (TPSA) is 375 Å². The van der Waals surface area contributed by atoms with Crippen LogP contribution in [-0.4, -0.2) is 95.6 Å². The number of methoxy groups -OCH3 is 1. The minimum absolute atomic E-state index is 0.154. The summed E-state index contributed by atoms with van der Waals surface area (Å²) in [4.78, 5) is 90.5. The number of aromatic nitrogens is 18. The average molecular weight is 1380 g/mol. The second-order valence-corrected chi connectivity index (χ2v) is 24.3. The molecule has 6 aromatic carbocycles. The number of hydrogen-bond donors (Lipinski definition) is 6. The van der Waals surface area contributed by atoms with E-state index in [1.807, 2.05) is 206 Å². The molecule has 0 unspecified atom stereocenters. The van der Waals surface area contributed by atoms with Crippen molar-refractivity contribution in [3.63, 3.8) is 0 Å². The van der Waals surface area contributed by atoms with Gasteiger partial charge in [0.25, 0.3) is 16.7 Å². The lowest BCUT2D eigenvalue weighted by Gasteiger charge is -2.21. The molecule has 518 valence electrons. The lowest BCUT2D eigenvalue weighted by Crippen LogP contribution is -2.28. The molecule has 0 saturated carbocycles. The summed E-state index contributed by atoms with van der Waals surface area (Å²) < 4.78 is 11.7. The minimum Gasteiger partial charge on any atom is -0.467 e. The summed E-state index contributed by atoms with van der Waals surface area (Å²) in [7, 11) is 3.35. The number of rotatable bonds is 16. The van der Waals surface area contributed by atoms with Crippen LogP contribution in [0.5, 0.6) is 6.01 Å². The van der Waals surface area contributed by atoms with Gasteiger partial charge in [0.05, 0.1) is 93.6 Å². The Morgan fingerprint density at radius 3 is 1.10 bits per heavy atom. The van der Waals surface area contributed by atoms with Gasteiger partial charge in [-0.3, -0.25) is 32.8 Å². The molecule has 9 N–H and O–H groups in total. The zero-order valence-electron chi connectivity index (χ0n) is 57.8. The van der Waals surface area contributed by atoms with Crippen molar-refractivity contribution in [3.8, 4) is 56.5 Å². The Morgan fingerprint density at radius 1 is 0.394 bits per heavy atom. The standard InChI is InChI=1S/C26H24N8O2.C25H24N8O.C25H22N8O/c1-15-12-28-25(27)33-22(15)31-16(2)23-32-20-11-7-10-19(17-13-29-26(36-3)30-14-17)21(20)24(35)34(23)18-8-5-4-6-9-18;1-15-12-27-25(26)31-22(15)29-16(2)23-30-20-11-7-10-19(17-13-28-32(3)14-17)21(20)24(34)33(23)18-8-5-4-6-9-18;1-15-13-27-25(26)32-22(15)30-16(2)23-31-20-10-6-9-19(17-11-12-28-29-14-17)21(20)24(34)33(23)18-7-4-3-5-8-18/h4-14,16H,1-3H3,(H3,27,28,31,33);4-14,16H,1-3H3,(H3,26,27,29,31);3-14,16H,1-2H3,(H3,26,27,30,32)/t3*16-/m000/s1. The number of aryl methyl sites for hydroxylation is 4. The van der Waals surface area contributed by atoms with E-state index in [-0.39, 0.29) is 58.7 Å². The van der Waals surface area contributed by atoms with Crippen LogP contribution in [0.1, 0.15) is 73.1 Å². The molecule has 0 spiro atoms. The van der Waals surface area contributed by atoms with E-state index in [1.54, 1.807) is 68.0 Å². The highest BCUT2D eigenvalue weighted by Crippen LogP contribution is 2.33. The first-order valence-electron chi connectivity index (χ1n) is 32.9. The highest BCUT2D eigenvalue weighted by atomic mass is 16.5. The molecule has 0 aliphatic heterocycles. The van der Waals surface area contributed by atoms with Crippen LogP contribution in [0.4, 0.5) is 35.3 Å². The van der Waals surface area contributed by atoms with Gasteiger partial charge < -0.3 is 37.9 Å². The molecule has 15 aromatic rings. The smallest absolute Gasteiger partial charge is 0.316 e. The van der Waals surface area contributed by atoms with Gasteiger partial charge in [-0.15, -0.1) is 0 Å². The van der Waals surface area contributed by atoms with Crippen LogP contribution < -0.4 is 54.6 Å². The van der Waals surface area contributed by atoms with Crippen molar-refractivity contribution in [2.45, 2.75) is 59.7 Å². The lowest BCUT2D eigenvalue weighted by molar-refractivity contribution is 0.380. The third-order valence-corrected chi connectivity index (χ3v) is 17.0. The molecule has 0 bridgehead atoms. The van der Waals surface area contributed by atoms with Crippen LogP contribution in [0, 0.1) is 20.8 Å². The number of nitrogens with two attached hydrogens (primary N) is 3. The number of nitrogen functional groups attached to an aromatic ring is 3. The van der Waals surface area contributed by atoms with Crippen LogP contribution in [-0.2, 0) is 7.05 Å². The van der Waals surface area contributed by atoms with Gasteiger partial charge in [-0.05, 0) is 119 Å². The predicted octanol–water partition coefficient (Wildman–Crippen LogP) is 11.0. The quantitative estimate of drug-likeness (QED) is 0.0523. The summed E-state index contributed by atoms with van der Waals surface area (Å²) in [5, 5.41) is 23.7. The molecule has 28 heteroatoms. The molecule has 0 fully saturated rings. The Balaban J connectivity index is 0.000000139. The summed E-state index contributed by atoms with van der Waals surface area (Å²) in [6, 6.07) is 46.2. The largest absolute Gasteiger partial charge is 0.467 e. The Labute approximate surface area is 594 Å². The van der Waals surface area contributed by atoms with Gasteiger partial charge in [-0.25, -0.2) is 39.9 Å². The molecule has 0 aliphatic carbocycles. The van der Waals surface area contributed by atoms with E-state index in [9.17, 15) is 14.4 Å². The van der Waals surface area contributed by atoms with Crippen LogP contribution in [0.15, 0.2) is 222 Å². The van der Waals surface area contributed by atoms with E-state index in [0.29, 0.717) is 90.1 Å². The van der Waals surface area contributed by atoms with Gasteiger partial charge in [0.15, 0.2) is 0 Å². The molecular formula is C76H70N24O4. The molecular weight excluding hydrogens is 1310 g/mol. The predicted molar refractivity (Wildman–Crippen MR) is 402 cm³/mol. The summed E-state index contributed by atoms with van der Waals surface area (Å²) in [6.07, 6.45) is 15.1. The number of hydrogen-bond acceptors (Lipinski definition) is 24. The molecule has 0 amide bonds. The van der Waals surface area contributed by atoms with Crippen LogP contribution >= 0.6 is 0 Å². The summed E-state index contributed by atoms with van der Waals surface area (Å²) in [5.41, 5.74) is 27.8. The van der Waals surface area contributed by atoms with Crippen molar-refractivity contribution in [3.05, 3.63) is 273 Å². The lowest BCUT2D eigenvalue weighted by atomic mass is 10.0. The SMILES string of the molecule is COc1ncc(-c2cccc3nc([C@H](C)Nc4nc(N)ncc4C)n(-c4ccccc4)c(=O)c23)cn1.Cc1cnc(N)nc1N[C@@H](C)c1nc2cccc(-c3ccnnc3)c2c(=O)n1-c1ccccc1.Cc1cnc(N)nc1N[C@@H](C)c1nc2cccc(-c3cnn(C)c3)c2c(=O)n1-c1ccccc1. The second kappa shape index (κ2) is 29.8. The Bertz CT molecular complexity index is 5830. The first kappa shape index (κ1) is 68.5. The van der Waals surface area contributed by atoms with Gasteiger partial charge in [-0.1, -0.05) is 91.0 Å². The summed E-state index contributed by atoms with van der Waals surface area (Å²) >= 11 is 0. The average Bonchev–Trinajstić information content (AvgIpc) is 0.947. The van der Waals surface area contributed by atoms with E-state index < -0.39 is 0 Å². The first-order chi connectivity index (χ1) is 50.4.